The fraction of sp³-hybridized carbons (Fsp3) is 0.129. The van der Waals surface area contributed by atoms with Gasteiger partial charge in [0.05, 0.1) is 18.2 Å². The molecule has 4 aromatic carbocycles. The minimum absolute atomic E-state index is 0.00498. The van der Waals surface area contributed by atoms with Crippen LogP contribution in [0, 0.1) is 0 Å². The summed E-state index contributed by atoms with van der Waals surface area (Å²) in [6.07, 6.45) is 0.723. The lowest BCUT2D eigenvalue weighted by molar-refractivity contribution is -0.138. The third-order valence-corrected chi connectivity index (χ3v) is 14.7. The number of aromatic amines is 4. The van der Waals surface area contributed by atoms with E-state index in [-0.39, 0.29) is 57.6 Å². The van der Waals surface area contributed by atoms with Crippen LogP contribution in [0.5, 0.6) is 52.0 Å². The quantitative estimate of drug-likeness (QED) is 0.0410. The van der Waals surface area contributed by atoms with Crippen molar-refractivity contribution >= 4 is 5.78 Å². The number of hydrogen-bond acceptors (Lipinski definition) is 19. The number of carbonyl (C=O) groups is 1. The third kappa shape index (κ3) is 17.1. The summed E-state index contributed by atoms with van der Waals surface area (Å²) in [6.45, 7) is 3.47. The Morgan fingerprint density at radius 2 is 0.889 bits per heavy atom. The van der Waals surface area contributed by atoms with E-state index >= 15 is 0 Å². The van der Waals surface area contributed by atoms with E-state index in [1.54, 1.807) is 60.8 Å². The Hall–Kier alpha value is -13.0. The van der Waals surface area contributed by atoms with Crippen LogP contribution in [0.3, 0.4) is 0 Å². The maximum Gasteiger partial charge on any atom is 0.416 e. The molecule has 0 saturated heterocycles. The van der Waals surface area contributed by atoms with Gasteiger partial charge in [-0.25, -0.2) is 9.97 Å². The number of methoxy groups -OCH3 is 1. The number of benzene rings is 4. The molecule has 502 valence electrons. The second kappa shape index (κ2) is 30.2. The molecule has 1 aliphatic carbocycles. The smallest absolute Gasteiger partial charge is 0.416 e. The van der Waals surface area contributed by atoms with Crippen LogP contribution < -0.4 is 41.2 Å². The largest absolute Gasteiger partial charge is 0.501 e. The number of nitrogens with zero attached hydrogens (tertiary/aromatic N) is 8. The number of H-pyrrole nitrogens is 4. The molecular formula is C70H54F6N12O11. The first-order valence-electron chi connectivity index (χ1n) is 29.7. The van der Waals surface area contributed by atoms with Gasteiger partial charge in [-0.1, -0.05) is 85.8 Å². The average Bonchev–Trinajstić information content (AvgIpc) is 1.69. The Kier molecular flexibility index (Phi) is 21.0. The lowest BCUT2D eigenvalue weighted by atomic mass is 9.92. The first-order chi connectivity index (χ1) is 47.5. The van der Waals surface area contributed by atoms with E-state index in [0.29, 0.717) is 45.5 Å². The number of aromatic nitrogens is 12. The molecule has 29 heteroatoms. The zero-order valence-electron chi connectivity index (χ0n) is 52.1. The molecule has 0 spiro atoms. The molecule has 1 aliphatic rings. The number of ketones is 1. The molecule has 23 nitrogen and oxygen atoms in total. The molecule has 0 atom stereocenters. The van der Waals surface area contributed by atoms with E-state index in [4.69, 9.17) is 23.9 Å². The summed E-state index contributed by atoms with van der Waals surface area (Å²) in [4.78, 5) is 103. The highest BCUT2D eigenvalue weighted by molar-refractivity contribution is 5.94. The predicted molar refractivity (Wildman–Crippen MR) is 348 cm³/mol. The van der Waals surface area contributed by atoms with Crippen molar-refractivity contribution in [1.82, 2.24) is 59.8 Å². The van der Waals surface area contributed by atoms with Gasteiger partial charge in [0, 0.05) is 37.3 Å². The number of carbonyl (C=O) groups excluding carboxylic acids is 1. The number of alkyl halides is 6. The van der Waals surface area contributed by atoms with Crippen molar-refractivity contribution < 1.29 is 60.3 Å². The number of para-hydroxylation sites is 1. The Morgan fingerprint density at radius 1 is 0.475 bits per heavy atom. The number of pyridine rings is 4. The summed E-state index contributed by atoms with van der Waals surface area (Å²) >= 11 is 0. The maximum absolute atomic E-state index is 13.0. The predicted octanol–water partition coefficient (Wildman–Crippen LogP) is 13.5. The van der Waals surface area contributed by atoms with E-state index in [0.717, 1.165) is 42.3 Å². The van der Waals surface area contributed by atoms with Gasteiger partial charge >= 0.3 is 12.4 Å². The molecule has 1 fully saturated rings. The molecule has 1 saturated carbocycles. The van der Waals surface area contributed by atoms with Gasteiger partial charge in [0.1, 0.15) is 45.7 Å². The Bertz CT molecular complexity index is 5050. The maximum atomic E-state index is 13.0. The van der Waals surface area contributed by atoms with Crippen LogP contribution in [0.15, 0.2) is 220 Å². The van der Waals surface area contributed by atoms with E-state index in [9.17, 15) is 60.5 Å². The fourth-order valence-corrected chi connectivity index (χ4v) is 9.45. The van der Waals surface area contributed by atoms with E-state index < -0.39 is 63.3 Å². The summed E-state index contributed by atoms with van der Waals surface area (Å²) in [5.41, 5.74) is -0.0295. The van der Waals surface area contributed by atoms with Gasteiger partial charge in [-0.05, 0) is 127 Å². The molecule has 8 aromatic heterocycles. The van der Waals surface area contributed by atoms with Gasteiger partial charge in [0.25, 0.3) is 34.0 Å². The van der Waals surface area contributed by atoms with Crippen LogP contribution in [0.4, 0.5) is 26.3 Å². The highest BCUT2D eigenvalue weighted by Crippen LogP contribution is 2.51. The minimum atomic E-state index is -4.55. The van der Waals surface area contributed by atoms with Crippen LogP contribution in [0.2, 0.25) is 0 Å². The van der Waals surface area contributed by atoms with Crippen molar-refractivity contribution in [3.05, 3.63) is 265 Å². The SMILES string of the molecule is CC(=O)c1nc(-c2ccccn2)[nH]c(=O)c1O.CCC1(c2ccc(-c3nc(-c4ccccn4)[nH]c(=O)c3Oc3ccccc3)cc2)CC1.COc1c(Oc2cccc(C(F)(F)F)c2)nc(-c2ccccn2)[nH]c1=O.O=c1[nH]c(-c2ccccn2)nc(Oc2cccc(C(F)(F)F)c2)c1O. The molecular weight excluding hydrogens is 1300 g/mol. The molecule has 0 radical (unpaired) electrons. The molecule has 13 rings (SSSR count). The standard InChI is InChI=1S/C26H23N3O2.C17H12F3N3O3.C16H10F3N3O3.C11H9N3O3/c1-2-26(15-16-26)19-13-11-18(12-14-19)22-23(31-20-8-4-3-5-9-20)25(30)29-24(28-22)21-10-6-7-17-27-21;1-25-13-15(24)22-14(12-7-2-3-8-21-12)23-16(13)26-11-6-4-5-10(9-11)17(18,19)20;17-16(18,19)9-4-3-5-10(8-9)25-15-12(23)14(24)21-13(22-15)11-6-1-2-7-20-11;1-6(15)8-9(16)11(17)14-10(13-8)7-4-2-3-5-12-7/h3-14,17H,2,15-16H2,1H3,(H,28,29,30);2-9H,1H3,(H,22,23,24);1-8,23H,(H,21,22,24);2-5,16H,1H3,(H,13,14,17). The van der Waals surface area contributed by atoms with Crippen LogP contribution in [0.1, 0.15) is 60.3 Å². The molecule has 12 aromatic rings. The van der Waals surface area contributed by atoms with Gasteiger partial charge in [-0.15, -0.1) is 0 Å². The van der Waals surface area contributed by atoms with E-state index in [2.05, 4.69) is 73.9 Å². The van der Waals surface area contributed by atoms with Crippen LogP contribution in [0.25, 0.3) is 57.3 Å². The lowest BCUT2D eigenvalue weighted by Gasteiger charge is -2.15. The monoisotopic (exact) mass is 1350 g/mol. The molecule has 99 heavy (non-hydrogen) atoms. The highest BCUT2D eigenvalue weighted by Gasteiger charge is 2.42. The topological polar surface area (TPSA) is 329 Å². The number of hydrogen-bond donors (Lipinski definition) is 6. The number of aromatic hydroxyl groups is 2. The van der Waals surface area contributed by atoms with Gasteiger partial charge in [0.2, 0.25) is 23.0 Å². The second-order valence-corrected chi connectivity index (χ2v) is 21.3. The van der Waals surface area contributed by atoms with Gasteiger partial charge in [-0.3, -0.25) is 43.9 Å². The molecule has 6 N–H and O–H groups in total. The molecule has 0 bridgehead atoms. The summed E-state index contributed by atoms with van der Waals surface area (Å²) in [6, 6.07) is 46.3. The normalized spacial score (nSPS) is 12.0. The van der Waals surface area contributed by atoms with Gasteiger partial charge in [-0.2, -0.15) is 36.3 Å². The van der Waals surface area contributed by atoms with Crippen molar-refractivity contribution in [1.29, 1.82) is 0 Å². The van der Waals surface area contributed by atoms with Crippen molar-refractivity contribution in [2.24, 2.45) is 0 Å². The average molecular weight is 1350 g/mol. The Morgan fingerprint density at radius 3 is 1.32 bits per heavy atom. The van der Waals surface area contributed by atoms with Crippen molar-refractivity contribution in [3.63, 3.8) is 0 Å². The first kappa shape index (κ1) is 68.9. The van der Waals surface area contributed by atoms with Crippen molar-refractivity contribution in [3.8, 4) is 109 Å². The van der Waals surface area contributed by atoms with E-state index in [1.165, 1.54) is 69.2 Å². The summed E-state index contributed by atoms with van der Waals surface area (Å²) in [5, 5.41) is 19.2. The molecule has 0 unspecified atom stereocenters. The summed E-state index contributed by atoms with van der Waals surface area (Å²) < 4.78 is 98.3. The number of rotatable bonds is 15. The number of ether oxygens (including phenoxy) is 4. The zero-order chi connectivity index (χ0) is 70.4. The summed E-state index contributed by atoms with van der Waals surface area (Å²) in [7, 11) is 1.23. The molecule has 0 amide bonds. The van der Waals surface area contributed by atoms with Crippen molar-refractivity contribution in [2.45, 2.75) is 50.9 Å². The van der Waals surface area contributed by atoms with Gasteiger partial charge < -0.3 is 49.1 Å². The van der Waals surface area contributed by atoms with Crippen LogP contribution >= 0.6 is 0 Å². The van der Waals surface area contributed by atoms with Crippen molar-refractivity contribution in [2.75, 3.05) is 7.11 Å². The van der Waals surface area contributed by atoms with Crippen LogP contribution in [-0.4, -0.2) is 82.9 Å². The number of nitrogens with one attached hydrogen (secondary N) is 4. The Labute approximate surface area is 555 Å². The van der Waals surface area contributed by atoms with E-state index in [1.807, 2.05) is 60.7 Å². The first-order valence-corrected chi connectivity index (χ1v) is 29.7. The third-order valence-electron chi connectivity index (χ3n) is 14.7. The zero-order valence-corrected chi connectivity index (χ0v) is 52.1. The number of Topliss-reactive ketones (excluding diaryl/α,β-unsaturated/α-hetero) is 1. The second-order valence-electron chi connectivity index (χ2n) is 21.3. The number of halogens is 6. The van der Waals surface area contributed by atoms with Crippen LogP contribution in [-0.2, 0) is 17.8 Å². The summed E-state index contributed by atoms with van der Waals surface area (Å²) in [5.74, 6) is -1.99. The lowest BCUT2D eigenvalue weighted by Crippen LogP contribution is -2.14. The Balaban J connectivity index is 0.000000146. The fourth-order valence-electron chi connectivity index (χ4n) is 9.45. The molecule has 8 heterocycles. The minimum Gasteiger partial charge on any atom is -0.501 e. The molecule has 0 aliphatic heterocycles. The highest BCUT2D eigenvalue weighted by atomic mass is 19.4. The van der Waals surface area contributed by atoms with Gasteiger partial charge in [0.15, 0.2) is 34.8 Å².